The van der Waals surface area contributed by atoms with E-state index < -0.39 is 0 Å². The molecule has 0 aliphatic rings. The third-order valence-corrected chi connectivity index (χ3v) is 3.33. The topological polar surface area (TPSA) is 85.1 Å². The molecule has 3 heterocycles. The SMILES string of the molecule is CCCC(NC(=O)c1cnccn1)c1nnc2ccccn12. The Bertz CT molecular complexity index is 770. The van der Waals surface area contributed by atoms with Crippen molar-refractivity contribution in [2.45, 2.75) is 25.8 Å². The molecule has 0 saturated carbocycles. The van der Waals surface area contributed by atoms with Crippen LogP contribution in [0.3, 0.4) is 0 Å². The number of pyridine rings is 1. The maximum absolute atomic E-state index is 12.3. The largest absolute Gasteiger partial charge is 0.341 e. The monoisotopic (exact) mass is 296 g/mol. The minimum absolute atomic E-state index is 0.225. The van der Waals surface area contributed by atoms with Gasteiger partial charge in [-0.25, -0.2) is 4.98 Å². The van der Waals surface area contributed by atoms with Gasteiger partial charge in [0.15, 0.2) is 11.5 Å². The first-order valence-corrected chi connectivity index (χ1v) is 7.16. The summed E-state index contributed by atoms with van der Waals surface area (Å²) >= 11 is 0. The van der Waals surface area contributed by atoms with E-state index in [0.717, 1.165) is 24.3 Å². The van der Waals surface area contributed by atoms with Gasteiger partial charge in [-0.15, -0.1) is 10.2 Å². The lowest BCUT2D eigenvalue weighted by molar-refractivity contribution is 0.0927. The molecule has 7 nitrogen and oxygen atoms in total. The van der Waals surface area contributed by atoms with Gasteiger partial charge in [-0.1, -0.05) is 19.4 Å². The van der Waals surface area contributed by atoms with E-state index in [1.54, 1.807) is 0 Å². The lowest BCUT2D eigenvalue weighted by Crippen LogP contribution is -2.30. The van der Waals surface area contributed by atoms with Crippen LogP contribution in [0.25, 0.3) is 5.65 Å². The maximum Gasteiger partial charge on any atom is 0.272 e. The van der Waals surface area contributed by atoms with Crippen molar-refractivity contribution >= 4 is 11.6 Å². The molecule has 0 bridgehead atoms. The third-order valence-electron chi connectivity index (χ3n) is 3.33. The van der Waals surface area contributed by atoms with Crippen LogP contribution < -0.4 is 5.32 Å². The summed E-state index contributed by atoms with van der Waals surface area (Å²) in [7, 11) is 0. The molecule has 1 unspecified atom stereocenters. The maximum atomic E-state index is 12.3. The summed E-state index contributed by atoms with van der Waals surface area (Å²) in [4.78, 5) is 20.2. The standard InChI is InChI=1S/C15H16N6O/c1-2-5-11(18-15(22)12-10-16-7-8-17-12)14-20-19-13-6-3-4-9-21(13)14/h3-4,6-11H,2,5H2,1H3,(H,18,22). The van der Waals surface area contributed by atoms with Gasteiger partial charge in [0, 0.05) is 18.6 Å². The smallest absolute Gasteiger partial charge is 0.272 e. The Kier molecular flexibility index (Phi) is 4.04. The van der Waals surface area contributed by atoms with Gasteiger partial charge in [-0.05, 0) is 18.6 Å². The summed E-state index contributed by atoms with van der Waals surface area (Å²) in [6, 6.07) is 5.47. The minimum atomic E-state index is -0.265. The summed E-state index contributed by atoms with van der Waals surface area (Å²) in [5.74, 6) is 0.453. The quantitative estimate of drug-likeness (QED) is 0.776. The number of rotatable bonds is 5. The number of fused-ring (bicyclic) bond motifs is 1. The van der Waals surface area contributed by atoms with E-state index in [1.807, 2.05) is 28.8 Å². The number of hydrogen-bond acceptors (Lipinski definition) is 5. The summed E-state index contributed by atoms with van der Waals surface area (Å²) in [5.41, 5.74) is 1.05. The molecule has 0 aromatic carbocycles. The summed E-state index contributed by atoms with van der Waals surface area (Å²) < 4.78 is 1.89. The highest BCUT2D eigenvalue weighted by Crippen LogP contribution is 2.18. The van der Waals surface area contributed by atoms with Crippen LogP contribution in [0.15, 0.2) is 43.0 Å². The van der Waals surface area contributed by atoms with Crippen LogP contribution in [0.5, 0.6) is 0 Å². The molecule has 3 aromatic rings. The fourth-order valence-electron chi connectivity index (χ4n) is 2.30. The molecule has 22 heavy (non-hydrogen) atoms. The number of carbonyl (C=O) groups is 1. The van der Waals surface area contributed by atoms with Crippen molar-refractivity contribution in [1.82, 2.24) is 29.9 Å². The lowest BCUT2D eigenvalue weighted by atomic mass is 10.1. The lowest BCUT2D eigenvalue weighted by Gasteiger charge is -2.16. The van der Waals surface area contributed by atoms with Crippen molar-refractivity contribution in [2.75, 3.05) is 0 Å². The van der Waals surface area contributed by atoms with E-state index >= 15 is 0 Å². The molecule has 3 rings (SSSR count). The van der Waals surface area contributed by atoms with E-state index in [-0.39, 0.29) is 17.6 Å². The first-order valence-electron chi connectivity index (χ1n) is 7.16. The average Bonchev–Trinajstić information content (AvgIpc) is 2.99. The zero-order valence-corrected chi connectivity index (χ0v) is 12.2. The molecule has 0 aliphatic carbocycles. The zero-order chi connectivity index (χ0) is 15.4. The molecule has 0 radical (unpaired) electrons. The molecule has 0 aliphatic heterocycles. The van der Waals surface area contributed by atoms with E-state index in [1.165, 1.54) is 18.6 Å². The molecule has 1 amide bonds. The Labute approximate surface area is 127 Å². The second kappa shape index (κ2) is 6.30. The Hall–Kier alpha value is -2.83. The molecular weight excluding hydrogens is 280 g/mol. The molecule has 0 saturated heterocycles. The fourth-order valence-corrected chi connectivity index (χ4v) is 2.30. The van der Waals surface area contributed by atoms with Gasteiger partial charge in [-0.2, -0.15) is 0 Å². The van der Waals surface area contributed by atoms with Gasteiger partial charge in [0.05, 0.1) is 12.2 Å². The first-order chi connectivity index (χ1) is 10.8. The number of nitrogens with zero attached hydrogens (tertiary/aromatic N) is 5. The molecule has 1 atom stereocenters. The van der Waals surface area contributed by atoms with Gasteiger partial charge in [0.25, 0.3) is 5.91 Å². The van der Waals surface area contributed by atoms with E-state index in [0.29, 0.717) is 0 Å². The fraction of sp³-hybridized carbons (Fsp3) is 0.267. The van der Waals surface area contributed by atoms with Gasteiger partial charge < -0.3 is 5.32 Å². The van der Waals surface area contributed by atoms with Gasteiger partial charge in [-0.3, -0.25) is 14.2 Å². The van der Waals surface area contributed by atoms with Crippen LogP contribution in [0.4, 0.5) is 0 Å². The highest BCUT2D eigenvalue weighted by atomic mass is 16.2. The molecular formula is C15H16N6O. The number of hydrogen-bond donors (Lipinski definition) is 1. The molecule has 0 spiro atoms. The summed E-state index contributed by atoms with van der Waals surface area (Å²) in [6.07, 6.45) is 8.04. The van der Waals surface area contributed by atoms with Crippen LogP contribution in [0.2, 0.25) is 0 Å². The Morgan fingerprint density at radius 1 is 1.32 bits per heavy atom. The summed E-state index contributed by atoms with van der Waals surface area (Å²) in [6.45, 7) is 2.06. The van der Waals surface area contributed by atoms with E-state index in [9.17, 15) is 4.79 Å². The minimum Gasteiger partial charge on any atom is -0.341 e. The van der Waals surface area contributed by atoms with Crippen molar-refractivity contribution in [3.05, 3.63) is 54.5 Å². The predicted molar refractivity (Wildman–Crippen MR) is 80.1 cm³/mol. The van der Waals surface area contributed by atoms with Crippen LogP contribution in [-0.2, 0) is 0 Å². The zero-order valence-electron chi connectivity index (χ0n) is 12.2. The second-order valence-corrected chi connectivity index (χ2v) is 4.89. The van der Waals surface area contributed by atoms with Crippen LogP contribution in [0, 0.1) is 0 Å². The molecule has 1 N–H and O–H groups in total. The number of nitrogens with one attached hydrogen (secondary N) is 1. The van der Waals surface area contributed by atoms with Crippen LogP contribution in [-0.4, -0.2) is 30.5 Å². The molecule has 7 heteroatoms. The Morgan fingerprint density at radius 3 is 3.00 bits per heavy atom. The second-order valence-electron chi connectivity index (χ2n) is 4.89. The van der Waals surface area contributed by atoms with Crippen molar-refractivity contribution in [3.8, 4) is 0 Å². The number of aromatic nitrogens is 5. The average molecular weight is 296 g/mol. The Balaban J connectivity index is 1.88. The van der Waals surface area contributed by atoms with Crippen molar-refractivity contribution in [3.63, 3.8) is 0 Å². The predicted octanol–water partition coefficient (Wildman–Crippen LogP) is 1.79. The third kappa shape index (κ3) is 2.78. The van der Waals surface area contributed by atoms with Crippen molar-refractivity contribution in [2.24, 2.45) is 0 Å². The number of carbonyl (C=O) groups excluding carboxylic acids is 1. The van der Waals surface area contributed by atoms with Crippen molar-refractivity contribution in [1.29, 1.82) is 0 Å². The van der Waals surface area contributed by atoms with E-state index in [2.05, 4.69) is 32.4 Å². The van der Waals surface area contributed by atoms with Crippen LogP contribution >= 0.6 is 0 Å². The van der Waals surface area contributed by atoms with Gasteiger partial charge in [0.1, 0.15) is 5.69 Å². The normalized spacial score (nSPS) is 12.2. The van der Waals surface area contributed by atoms with Gasteiger partial charge >= 0.3 is 0 Å². The Morgan fingerprint density at radius 2 is 2.23 bits per heavy atom. The summed E-state index contributed by atoms with van der Waals surface area (Å²) in [5, 5.41) is 11.3. The highest BCUT2D eigenvalue weighted by Gasteiger charge is 2.20. The molecule has 0 fully saturated rings. The van der Waals surface area contributed by atoms with Crippen LogP contribution in [0.1, 0.15) is 42.1 Å². The number of amides is 1. The molecule has 112 valence electrons. The first kappa shape index (κ1) is 14.1. The van der Waals surface area contributed by atoms with E-state index in [4.69, 9.17) is 0 Å². The highest BCUT2D eigenvalue weighted by molar-refractivity contribution is 5.92. The molecule has 3 aromatic heterocycles. The van der Waals surface area contributed by atoms with Crippen molar-refractivity contribution < 1.29 is 4.79 Å². The van der Waals surface area contributed by atoms with Gasteiger partial charge in [0.2, 0.25) is 0 Å².